The van der Waals surface area contributed by atoms with E-state index >= 15 is 0 Å². The molecule has 43 heavy (non-hydrogen) atoms. The molecule has 0 bridgehead atoms. The van der Waals surface area contributed by atoms with Gasteiger partial charge in [0.1, 0.15) is 12.4 Å². The van der Waals surface area contributed by atoms with Gasteiger partial charge < -0.3 is 24.7 Å². The van der Waals surface area contributed by atoms with Crippen LogP contribution in [0.5, 0.6) is 5.75 Å². The minimum absolute atomic E-state index is 0.0227. The van der Waals surface area contributed by atoms with Gasteiger partial charge in [-0.1, -0.05) is 46.9 Å². The number of carbonyl (C=O) groups excluding carboxylic acids is 2. The molecule has 1 saturated carbocycles. The van der Waals surface area contributed by atoms with E-state index in [-0.39, 0.29) is 35.9 Å². The van der Waals surface area contributed by atoms with Gasteiger partial charge in [-0.15, -0.1) is 0 Å². The number of Topliss-reactive ketones (excluding diaryl/α,β-unsaturated/α-hetero) is 1. The minimum Gasteiger partial charge on any atom is -0.489 e. The van der Waals surface area contributed by atoms with Gasteiger partial charge >= 0.3 is 5.97 Å². The molecule has 10 heteroatoms. The van der Waals surface area contributed by atoms with Crippen LogP contribution >= 0.6 is 34.8 Å². The summed E-state index contributed by atoms with van der Waals surface area (Å²) in [5, 5.41) is 2.21. The molecule has 2 aliphatic rings. The molecule has 1 aliphatic heterocycles. The SMILES string of the molecule is COC(=O)c1cn(C)c2ccc(N3CC(c4ccc(OCC(C(=O)C5CC5)=C(N)c5c(Cl)cccc5Cl)cc4Cl)C3)cc12. The molecule has 1 aromatic heterocycles. The third-order valence-corrected chi connectivity index (χ3v) is 9.18. The van der Waals surface area contributed by atoms with E-state index in [1.165, 1.54) is 7.11 Å². The maximum absolute atomic E-state index is 13.2. The summed E-state index contributed by atoms with van der Waals surface area (Å²) in [6.45, 7) is 1.54. The number of nitrogens with zero attached hydrogens (tertiary/aromatic N) is 2. The Labute approximate surface area is 264 Å². The second kappa shape index (κ2) is 11.8. The summed E-state index contributed by atoms with van der Waals surface area (Å²) in [5.41, 5.74) is 11.1. The lowest BCUT2D eigenvalue weighted by molar-refractivity contribution is -0.116. The van der Waals surface area contributed by atoms with Gasteiger partial charge in [0.05, 0.1) is 34.0 Å². The first kappa shape index (κ1) is 29.4. The molecule has 0 radical (unpaired) electrons. The Balaban J connectivity index is 1.16. The summed E-state index contributed by atoms with van der Waals surface area (Å²) < 4.78 is 12.9. The number of fused-ring (bicyclic) bond motifs is 1. The van der Waals surface area contributed by atoms with Gasteiger partial charge in [0.2, 0.25) is 0 Å². The standard InChI is InChI=1S/C33H30Cl3N3O4/c1-38-16-24(33(41)42-2)23-12-20(8-11-29(23)38)39-14-19(15-39)22-10-9-21(13-28(22)36)43-17-25(32(40)18-6-7-18)31(37)30-26(34)4-3-5-27(30)35/h3-5,8-13,16,18-19H,6-7,14-15,17,37H2,1-2H3. The van der Waals surface area contributed by atoms with Crippen molar-refractivity contribution in [2.75, 3.05) is 31.7 Å². The maximum atomic E-state index is 13.2. The number of carbonyl (C=O) groups is 2. The van der Waals surface area contributed by atoms with Crippen molar-refractivity contribution >= 4 is 68.8 Å². The Morgan fingerprint density at radius 2 is 1.70 bits per heavy atom. The summed E-state index contributed by atoms with van der Waals surface area (Å²) in [4.78, 5) is 27.7. The third kappa shape index (κ3) is 5.69. The highest BCUT2D eigenvalue weighted by Gasteiger charge is 2.34. The number of aromatic nitrogens is 1. The minimum atomic E-state index is -0.354. The van der Waals surface area contributed by atoms with Crippen molar-refractivity contribution in [3.63, 3.8) is 0 Å². The van der Waals surface area contributed by atoms with Crippen LogP contribution in [-0.4, -0.2) is 43.1 Å². The summed E-state index contributed by atoms with van der Waals surface area (Å²) in [6.07, 6.45) is 3.45. The van der Waals surface area contributed by atoms with Crippen molar-refractivity contribution in [2.24, 2.45) is 18.7 Å². The van der Waals surface area contributed by atoms with Crippen LogP contribution in [0, 0.1) is 5.92 Å². The Morgan fingerprint density at radius 3 is 2.35 bits per heavy atom. The lowest BCUT2D eigenvalue weighted by Gasteiger charge is -2.41. The largest absolute Gasteiger partial charge is 0.489 e. The summed E-state index contributed by atoms with van der Waals surface area (Å²) in [6, 6.07) is 16.8. The monoisotopic (exact) mass is 637 g/mol. The summed E-state index contributed by atoms with van der Waals surface area (Å²) in [5.74, 6) is 0.318. The number of esters is 1. The number of hydrogen-bond acceptors (Lipinski definition) is 6. The van der Waals surface area contributed by atoms with Crippen LogP contribution in [0.15, 0.2) is 66.4 Å². The summed E-state index contributed by atoms with van der Waals surface area (Å²) in [7, 11) is 3.30. The van der Waals surface area contributed by atoms with Crippen LogP contribution < -0.4 is 15.4 Å². The van der Waals surface area contributed by atoms with Crippen molar-refractivity contribution in [1.82, 2.24) is 4.57 Å². The molecule has 1 aliphatic carbocycles. The quantitative estimate of drug-likeness (QED) is 0.153. The lowest BCUT2D eigenvalue weighted by atomic mass is 9.90. The van der Waals surface area contributed by atoms with E-state index in [1.54, 1.807) is 30.5 Å². The van der Waals surface area contributed by atoms with E-state index in [4.69, 9.17) is 50.0 Å². The predicted molar refractivity (Wildman–Crippen MR) is 171 cm³/mol. The van der Waals surface area contributed by atoms with E-state index in [0.29, 0.717) is 37.5 Å². The van der Waals surface area contributed by atoms with Crippen LogP contribution in [0.4, 0.5) is 5.69 Å². The molecule has 2 heterocycles. The van der Waals surface area contributed by atoms with Crippen molar-refractivity contribution in [2.45, 2.75) is 18.8 Å². The molecule has 0 spiro atoms. The molecule has 0 unspecified atom stereocenters. The Hall–Kier alpha value is -3.65. The van der Waals surface area contributed by atoms with Crippen LogP contribution in [0.1, 0.15) is 40.2 Å². The zero-order valence-electron chi connectivity index (χ0n) is 23.7. The van der Waals surface area contributed by atoms with Gasteiger partial charge in [-0.2, -0.15) is 0 Å². The van der Waals surface area contributed by atoms with Crippen LogP contribution in [0.2, 0.25) is 15.1 Å². The maximum Gasteiger partial charge on any atom is 0.340 e. The number of ketones is 1. The molecule has 222 valence electrons. The first-order valence-corrected chi connectivity index (χ1v) is 15.1. The molecule has 7 nitrogen and oxygen atoms in total. The second-order valence-electron chi connectivity index (χ2n) is 11.0. The second-order valence-corrected chi connectivity index (χ2v) is 12.3. The Morgan fingerprint density at radius 1 is 0.977 bits per heavy atom. The highest BCUT2D eigenvalue weighted by Crippen LogP contribution is 2.39. The van der Waals surface area contributed by atoms with E-state index in [9.17, 15) is 9.59 Å². The first-order chi connectivity index (χ1) is 20.7. The van der Waals surface area contributed by atoms with Gasteiger partial charge in [-0.25, -0.2) is 4.79 Å². The van der Waals surface area contributed by atoms with Gasteiger partial charge in [0.25, 0.3) is 0 Å². The molecule has 0 atom stereocenters. The first-order valence-electron chi connectivity index (χ1n) is 14.0. The van der Waals surface area contributed by atoms with E-state index < -0.39 is 0 Å². The fraction of sp³-hybridized carbons (Fsp3) is 0.273. The average Bonchev–Trinajstić information content (AvgIpc) is 3.76. The zero-order chi connectivity index (χ0) is 30.4. The number of methoxy groups -OCH3 is 1. The normalized spacial score (nSPS) is 15.7. The number of halogens is 3. The van der Waals surface area contributed by atoms with Gasteiger partial charge in [0, 0.05) is 65.3 Å². The number of aryl methyl sites for hydroxylation is 1. The van der Waals surface area contributed by atoms with Crippen molar-refractivity contribution < 1.29 is 19.1 Å². The molecular formula is C33H30Cl3N3O4. The molecule has 3 aromatic carbocycles. The van der Waals surface area contributed by atoms with Crippen molar-refractivity contribution in [3.05, 3.63) is 98.1 Å². The zero-order valence-corrected chi connectivity index (χ0v) is 26.0. The molecule has 2 fully saturated rings. The van der Waals surface area contributed by atoms with Crippen LogP contribution in [0.25, 0.3) is 16.6 Å². The van der Waals surface area contributed by atoms with E-state index in [2.05, 4.69) is 11.0 Å². The van der Waals surface area contributed by atoms with Crippen LogP contribution in [-0.2, 0) is 16.6 Å². The molecule has 0 amide bonds. The van der Waals surface area contributed by atoms with Gasteiger partial charge in [0.15, 0.2) is 5.78 Å². The van der Waals surface area contributed by atoms with Crippen LogP contribution in [0.3, 0.4) is 0 Å². The Bertz CT molecular complexity index is 1770. The smallest absolute Gasteiger partial charge is 0.340 e. The predicted octanol–water partition coefficient (Wildman–Crippen LogP) is 7.26. The van der Waals surface area contributed by atoms with Gasteiger partial charge in [-0.3, -0.25) is 4.79 Å². The molecule has 2 N–H and O–H groups in total. The number of hydrogen-bond donors (Lipinski definition) is 1. The van der Waals surface area contributed by atoms with Crippen molar-refractivity contribution in [1.29, 1.82) is 0 Å². The number of rotatable bonds is 9. The van der Waals surface area contributed by atoms with Crippen molar-refractivity contribution in [3.8, 4) is 5.75 Å². The molecular weight excluding hydrogens is 609 g/mol. The van der Waals surface area contributed by atoms with Gasteiger partial charge in [-0.05, 0) is 60.9 Å². The fourth-order valence-corrected chi connectivity index (χ4v) is 6.53. The number of ether oxygens (including phenoxy) is 2. The lowest BCUT2D eigenvalue weighted by Crippen LogP contribution is -2.45. The highest BCUT2D eigenvalue weighted by atomic mass is 35.5. The molecule has 1 saturated heterocycles. The average molecular weight is 639 g/mol. The fourth-order valence-electron chi connectivity index (χ4n) is 5.60. The number of anilines is 1. The van der Waals surface area contributed by atoms with E-state index in [0.717, 1.165) is 48.1 Å². The number of benzene rings is 3. The molecule has 6 rings (SSSR count). The Kier molecular flexibility index (Phi) is 8.07. The highest BCUT2D eigenvalue weighted by molar-refractivity contribution is 6.37. The molecule has 4 aromatic rings. The number of nitrogens with two attached hydrogens (primary N) is 1. The topological polar surface area (TPSA) is 86.8 Å². The third-order valence-electron chi connectivity index (χ3n) is 8.22. The van der Waals surface area contributed by atoms with E-state index in [1.807, 2.05) is 35.9 Å². The summed E-state index contributed by atoms with van der Waals surface area (Å²) >= 11 is 19.5.